The molecule has 24 heavy (non-hydrogen) atoms. The van der Waals surface area contributed by atoms with Crippen molar-refractivity contribution < 1.29 is 8.42 Å². The first-order valence-electron chi connectivity index (χ1n) is 7.59. The van der Waals surface area contributed by atoms with Gasteiger partial charge in [-0.15, -0.1) is 0 Å². The second-order valence-corrected chi connectivity index (χ2v) is 7.45. The Balaban J connectivity index is 1.60. The van der Waals surface area contributed by atoms with Gasteiger partial charge >= 0.3 is 0 Å². The summed E-state index contributed by atoms with van der Waals surface area (Å²) >= 11 is 5.28. The number of thiocarbonyl (C=S) groups is 1. The fourth-order valence-electron chi connectivity index (χ4n) is 2.52. The van der Waals surface area contributed by atoms with Crippen LogP contribution < -0.4 is 9.62 Å². The minimum Gasteiger partial charge on any atom is -0.353 e. The third kappa shape index (κ3) is 3.82. The molecule has 0 bridgehead atoms. The zero-order valence-corrected chi connectivity index (χ0v) is 14.6. The van der Waals surface area contributed by atoms with Crippen LogP contribution in [0.4, 0.5) is 5.82 Å². The third-order valence-electron chi connectivity index (χ3n) is 3.82. The minimum atomic E-state index is -3.63. The van der Waals surface area contributed by atoms with Crippen LogP contribution in [0, 0.1) is 0 Å². The molecule has 0 aliphatic carbocycles. The summed E-state index contributed by atoms with van der Waals surface area (Å²) < 4.78 is 27.1. The summed E-state index contributed by atoms with van der Waals surface area (Å²) in [5.74, 6) is 0.924. The molecule has 1 aliphatic rings. The average molecular weight is 362 g/mol. The standard InChI is InChI=1S/C16H18N4O2S2/c21-24(22,14-6-2-1-3-7-14)18-16(23)20-12-10-19(11-13-20)15-8-4-5-9-17-15/h1-9H,10-13H2,(H,18,23). The number of pyridine rings is 1. The highest BCUT2D eigenvalue weighted by Gasteiger charge is 2.23. The van der Waals surface area contributed by atoms with Gasteiger partial charge in [0.05, 0.1) is 4.90 Å². The Morgan fingerprint density at radius 1 is 1.00 bits per heavy atom. The maximum Gasteiger partial charge on any atom is 0.263 e. The topological polar surface area (TPSA) is 65.5 Å². The molecule has 1 N–H and O–H groups in total. The molecule has 0 amide bonds. The van der Waals surface area contributed by atoms with Gasteiger partial charge in [-0.1, -0.05) is 24.3 Å². The molecular weight excluding hydrogens is 344 g/mol. The van der Waals surface area contributed by atoms with Crippen molar-refractivity contribution in [2.75, 3.05) is 31.1 Å². The van der Waals surface area contributed by atoms with Gasteiger partial charge in [0.2, 0.25) is 0 Å². The molecular formula is C16H18N4O2S2. The second kappa shape index (κ2) is 7.14. The first-order valence-corrected chi connectivity index (χ1v) is 9.48. The molecule has 2 heterocycles. The Labute approximate surface area is 147 Å². The van der Waals surface area contributed by atoms with Crippen LogP contribution >= 0.6 is 12.2 Å². The largest absolute Gasteiger partial charge is 0.353 e. The molecule has 2 aromatic rings. The second-order valence-electron chi connectivity index (χ2n) is 5.39. The number of rotatable bonds is 3. The summed E-state index contributed by atoms with van der Waals surface area (Å²) in [5, 5.41) is 0.236. The summed E-state index contributed by atoms with van der Waals surface area (Å²) in [6, 6.07) is 14.0. The molecule has 0 saturated carbocycles. The predicted molar refractivity (Wildman–Crippen MR) is 97.4 cm³/mol. The summed E-state index contributed by atoms with van der Waals surface area (Å²) in [6.07, 6.45) is 1.76. The SMILES string of the molecule is O=S(=O)(NC(=S)N1CCN(c2ccccn2)CC1)c1ccccc1. The molecule has 1 aliphatic heterocycles. The van der Waals surface area contributed by atoms with E-state index in [1.54, 1.807) is 36.5 Å². The Bertz CT molecular complexity index is 789. The highest BCUT2D eigenvalue weighted by atomic mass is 32.2. The van der Waals surface area contributed by atoms with E-state index in [1.165, 1.54) is 0 Å². The van der Waals surface area contributed by atoms with Crippen molar-refractivity contribution in [1.82, 2.24) is 14.6 Å². The van der Waals surface area contributed by atoms with E-state index in [1.807, 2.05) is 23.1 Å². The van der Waals surface area contributed by atoms with E-state index in [0.717, 1.165) is 18.9 Å². The fraction of sp³-hybridized carbons (Fsp3) is 0.250. The van der Waals surface area contributed by atoms with Gasteiger partial charge in [-0.05, 0) is 36.5 Å². The molecule has 1 aromatic carbocycles. The van der Waals surface area contributed by atoms with Gasteiger partial charge in [0.15, 0.2) is 5.11 Å². The van der Waals surface area contributed by atoms with Crippen molar-refractivity contribution in [3.63, 3.8) is 0 Å². The molecule has 1 fully saturated rings. The average Bonchev–Trinajstić information content (AvgIpc) is 2.63. The summed E-state index contributed by atoms with van der Waals surface area (Å²) in [4.78, 5) is 8.57. The van der Waals surface area contributed by atoms with E-state index < -0.39 is 10.0 Å². The van der Waals surface area contributed by atoms with Crippen molar-refractivity contribution in [2.45, 2.75) is 4.90 Å². The van der Waals surface area contributed by atoms with Crippen molar-refractivity contribution in [3.05, 3.63) is 54.7 Å². The number of benzene rings is 1. The van der Waals surface area contributed by atoms with Gasteiger partial charge < -0.3 is 9.80 Å². The van der Waals surface area contributed by atoms with Crippen LogP contribution in [0.5, 0.6) is 0 Å². The molecule has 1 aromatic heterocycles. The van der Waals surface area contributed by atoms with Gasteiger partial charge in [-0.2, -0.15) is 0 Å². The highest BCUT2D eigenvalue weighted by Crippen LogP contribution is 2.13. The third-order valence-corrected chi connectivity index (χ3v) is 5.66. The van der Waals surface area contributed by atoms with E-state index in [9.17, 15) is 8.42 Å². The van der Waals surface area contributed by atoms with Crippen LogP contribution in [0.25, 0.3) is 0 Å². The van der Waals surface area contributed by atoms with Crippen LogP contribution in [-0.2, 0) is 10.0 Å². The maximum absolute atomic E-state index is 12.3. The summed E-state index contributed by atoms with van der Waals surface area (Å²) in [7, 11) is -3.63. The van der Waals surface area contributed by atoms with Gasteiger partial charge in [0.25, 0.3) is 10.0 Å². The summed E-state index contributed by atoms with van der Waals surface area (Å²) in [5.41, 5.74) is 0. The van der Waals surface area contributed by atoms with Crippen molar-refractivity contribution >= 4 is 33.2 Å². The number of hydrogen-bond acceptors (Lipinski definition) is 5. The monoisotopic (exact) mass is 362 g/mol. The van der Waals surface area contributed by atoms with E-state index in [-0.39, 0.29) is 10.0 Å². The van der Waals surface area contributed by atoms with Crippen LogP contribution in [-0.4, -0.2) is 49.6 Å². The van der Waals surface area contributed by atoms with Crippen molar-refractivity contribution in [3.8, 4) is 0 Å². The molecule has 6 nitrogen and oxygen atoms in total. The van der Waals surface area contributed by atoms with Gasteiger partial charge in [0.1, 0.15) is 5.82 Å². The molecule has 1 saturated heterocycles. The normalized spacial score (nSPS) is 15.2. The van der Waals surface area contributed by atoms with Crippen molar-refractivity contribution in [2.24, 2.45) is 0 Å². The first kappa shape index (κ1) is 16.7. The fourth-order valence-corrected chi connectivity index (χ4v) is 4.02. The lowest BCUT2D eigenvalue weighted by Gasteiger charge is -2.36. The van der Waals surface area contributed by atoms with E-state index in [0.29, 0.717) is 13.1 Å². The minimum absolute atomic E-state index is 0.208. The van der Waals surface area contributed by atoms with Crippen LogP contribution in [0.2, 0.25) is 0 Å². The number of sulfonamides is 1. The Hall–Kier alpha value is -2.19. The maximum atomic E-state index is 12.3. The van der Waals surface area contributed by atoms with Gasteiger partial charge in [0, 0.05) is 32.4 Å². The highest BCUT2D eigenvalue weighted by molar-refractivity contribution is 7.91. The van der Waals surface area contributed by atoms with Crippen LogP contribution in [0.1, 0.15) is 0 Å². The van der Waals surface area contributed by atoms with Gasteiger partial charge in [-0.3, -0.25) is 4.72 Å². The lowest BCUT2D eigenvalue weighted by atomic mass is 10.3. The molecule has 0 radical (unpaired) electrons. The smallest absolute Gasteiger partial charge is 0.263 e. The molecule has 0 unspecified atom stereocenters. The molecule has 8 heteroatoms. The number of nitrogens with one attached hydrogen (secondary N) is 1. The number of nitrogens with zero attached hydrogens (tertiary/aromatic N) is 3. The Morgan fingerprint density at radius 2 is 1.67 bits per heavy atom. The number of aromatic nitrogens is 1. The van der Waals surface area contributed by atoms with Crippen LogP contribution in [0.3, 0.4) is 0 Å². The Kier molecular flexibility index (Phi) is 4.96. The molecule has 3 rings (SSSR count). The summed E-state index contributed by atoms with van der Waals surface area (Å²) in [6.45, 7) is 2.77. The van der Waals surface area contributed by atoms with E-state index in [2.05, 4.69) is 14.6 Å². The molecule has 0 atom stereocenters. The quantitative estimate of drug-likeness (QED) is 0.834. The lowest BCUT2D eigenvalue weighted by molar-refractivity contribution is 0.384. The number of anilines is 1. The van der Waals surface area contributed by atoms with E-state index in [4.69, 9.17) is 12.2 Å². The van der Waals surface area contributed by atoms with Crippen LogP contribution in [0.15, 0.2) is 59.6 Å². The predicted octanol–water partition coefficient (Wildman–Crippen LogP) is 1.47. The number of piperazine rings is 1. The van der Waals surface area contributed by atoms with Crippen molar-refractivity contribution in [1.29, 1.82) is 0 Å². The molecule has 0 spiro atoms. The van der Waals surface area contributed by atoms with Gasteiger partial charge in [-0.25, -0.2) is 13.4 Å². The first-order chi connectivity index (χ1) is 11.6. The van der Waals surface area contributed by atoms with E-state index >= 15 is 0 Å². The number of hydrogen-bond donors (Lipinski definition) is 1. The zero-order chi connectivity index (χ0) is 17.0. The Morgan fingerprint density at radius 3 is 2.29 bits per heavy atom. The lowest BCUT2D eigenvalue weighted by Crippen LogP contribution is -2.52. The molecule has 126 valence electrons. The zero-order valence-electron chi connectivity index (χ0n) is 13.0.